The van der Waals surface area contributed by atoms with Gasteiger partial charge in [0.1, 0.15) is 11.4 Å². The van der Waals surface area contributed by atoms with E-state index in [0.717, 1.165) is 0 Å². The van der Waals surface area contributed by atoms with Gasteiger partial charge in [-0.05, 0) is 19.1 Å². The fraction of sp³-hybridized carbons (Fsp3) is 0.500. The molecule has 1 aliphatic rings. The lowest BCUT2D eigenvalue weighted by Gasteiger charge is -2.21. The van der Waals surface area contributed by atoms with Gasteiger partial charge in [0.25, 0.3) is 0 Å². The molecule has 0 aliphatic carbocycles. The molecule has 0 saturated carbocycles. The highest BCUT2D eigenvalue weighted by atomic mass is 16.5. The van der Waals surface area contributed by atoms with E-state index in [0.29, 0.717) is 31.1 Å². The number of carbonyl (C=O) groups is 1. The first-order valence-corrected chi connectivity index (χ1v) is 6.70. The summed E-state index contributed by atoms with van der Waals surface area (Å²) in [5, 5.41) is 15.4. The Labute approximate surface area is 118 Å². The van der Waals surface area contributed by atoms with Crippen LogP contribution in [0, 0.1) is 0 Å². The SMILES string of the molecule is CCOc1ccccc1NC(=O)NC[C@@]1(O)CCOC1. The van der Waals surface area contributed by atoms with E-state index in [9.17, 15) is 9.90 Å². The number of amides is 2. The van der Waals surface area contributed by atoms with Gasteiger partial charge in [0.15, 0.2) is 0 Å². The fourth-order valence-electron chi connectivity index (χ4n) is 2.00. The molecule has 1 aliphatic heterocycles. The van der Waals surface area contributed by atoms with Gasteiger partial charge < -0.3 is 25.2 Å². The van der Waals surface area contributed by atoms with Crippen LogP contribution in [0.2, 0.25) is 0 Å². The van der Waals surface area contributed by atoms with Gasteiger partial charge in [-0.15, -0.1) is 0 Å². The van der Waals surface area contributed by atoms with Crippen molar-refractivity contribution in [3.8, 4) is 5.75 Å². The Bertz CT molecular complexity index is 458. The van der Waals surface area contributed by atoms with Crippen LogP contribution in [0.3, 0.4) is 0 Å². The molecule has 110 valence electrons. The molecule has 20 heavy (non-hydrogen) atoms. The van der Waals surface area contributed by atoms with E-state index >= 15 is 0 Å². The molecule has 6 nitrogen and oxygen atoms in total. The molecule has 1 aromatic rings. The summed E-state index contributed by atoms with van der Waals surface area (Å²) < 4.78 is 10.5. The van der Waals surface area contributed by atoms with E-state index in [-0.39, 0.29) is 19.2 Å². The van der Waals surface area contributed by atoms with Gasteiger partial charge in [-0.1, -0.05) is 12.1 Å². The third-order valence-electron chi connectivity index (χ3n) is 3.10. The van der Waals surface area contributed by atoms with Crippen LogP contribution in [-0.2, 0) is 4.74 Å². The van der Waals surface area contributed by atoms with Crippen molar-refractivity contribution in [2.24, 2.45) is 0 Å². The number of aliphatic hydroxyl groups is 1. The summed E-state index contributed by atoms with van der Waals surface area (Å²) in [6.45, 7) is 3.34. The third-order valence-corrected chi connectivity index (χ3v) is 3.10. The maximum atomic E-state index is 11.8. The van der Waals surface area contributed by atoms with Gasteiger partial charge >= 0.3 is 6.03 Å². The monoisotopic (exact) mass is 280 g/mol. The van der Waals surface area contributed by atoms with Crippen LogP contribution in [0.4, 0.5) is 10.5 Å². The topological polar surface area (TPSA) is 79.8 Å². The van der Waals surface area contributed by atoms with Crippen LogP contribution >= 0.6 is 0 Å². The minimum absolute atomic E-state index is 0.162. The Morgan fingerprint density at radius 1 is 1.50 bits per heavy atom. The Balaban J connectivity index is 1.88. The number of carbonyl (C=O) groups excluding carboxylic acids is 1. The predicted molar refractivity (Wildman–Crippen MR) is 75.0 cm³/mol. The zero-order valence-corrected chi connectivity index (χ0v) is 11.5. The van der Waals surface area contributed by atoms with Gasteiger partial charge in [0, 0.05) is 13.0 Å². The first kappa shape index (κ1) is 14.6. The number of anilines is 1. The summed E-state index contributed by atoms with van der Waals surface area (Å²) in [4.78, 5) is 11.8. The average Bonchev–Trinajstić information content (AvgIpc) is 2.87. The average molecular weight is 280 g/mol. The van der Waals surface area contributed by atoms with Crippen molar-refractivity contribution in [3.05, 3.63) is 24.3 Å². The summed E-state index contributed by atoms with van der Waals surface area (Å²) in [7, 11) is 0. The minimum Gasteiger partial charge on any atom is -0.492 e. The summed E-state index contributed by atoms with van der Waals surface area (Å²) >= 11 is 0. The van der Waals surface area contributed by atoms with Crippen molar-refractivity contribution in [2.45, 2.75) is 18.9 Å². The molecule has 6 heteroatoms. The number of hydrogen-bond donors (Lipinski definition) is 3. The van der Waals surface area contributed by atoms with Crippen LogP contribution in [0.15, 0.2) is 24.3 Å². The summed E-state index contributed by atoms with van der Waals surface area (Å²) in [5.41, 5.74) is -0.363. The maximum Gasteiger partial charge on any atom is 0.319 e. The molecule has 0 radical (unpaired) electrons. The van der Waals surface area contributed by atoms with Gasteiger partial charge in [0.2, 0.25) is 0 Å². The molecule has 1 atom stereocenters. The largest absolute Gasteiger partial charge is 0.492 e. The number of para-hydroxylation sites is 2. The van der Waals surface area contributed by atoms with Crippen LogP contribution in [-0.4, -0.2) is 43.1 Å². The number of ether oxygens (including phenoxy) is 2. The van der Waals surface area contributed by atoms with Crippen LogP contribution in [0.1, 0.15) is 13.3 Å². The lowest BCUT2D eigenvalue weighted by atomic mass is 10.0. The standard InChI is InChI=1S/C14H20N2O4/c1-2-20-12-6-4-3-5-11(12)16-13(17)15-9-14(18)7-8-19-10-14/h3-6,18H,2,7-10H2,1H3,(H2,15,16,17)/t14-/m0/s1. The van der Waals surface area contributed by atoms with Gasteiger partial charge in [0.05, 0.1) is 25.4 Å². The van der Waals surface area contributed by atoms with Crippen molar-refractivity contribution in [2.75, 3.05) is 31.7 Å². The molecule has 1 fully saturated rings. The summed E-state index contributed by atoms with van der Waals surface area (Å²) in [6, 6.07) is 6.83. The second-order valence-electron chi connectivity index (χ2n) is 4.76. The Morgan fingerprint density at radius 3 is 3.00 bits per heavy atom. The van der Waals surface area contributed by atoms with Crippen LogP contribution < -0.4 is 15.4 Å². The lowest BCUT2D eigenvalue weighted by Crippen LogP contribution is -2.44. The van der Waals surface area contributed by atoms with Crippen molar-refractivity contribution < 1.29 is 19.4 Å². The van der Waals surface area contributed by atoms with E-state index in [2.05, 4.69) is 10.6 Å². The molecular formula is C14H20N2O4. The van der Waals surface area contributed by atoms with Crippen molar-refractivity contribution in [1.82, 2.24) is 5.32 Å². The van der Waals surface area contributed by atoms with Gasteiger partial charge in [-0.3, -0.25) is 0 Å². The molecule has 0 unspecified atom stereocenters. The highest BCUT2D eigenvalue weighted by Gasteiger charge is 2.32. The third kappa shape index (κ3) is 3.85. The number of nitrogens with one attached hydrogen (secondary N) is 2. The zero-order chi connectivity index (χ0) is 14.4. The van der Waals surface area contributed by atoms with E-state index in [1.165, 1.54) is 0 Å². The van der Waals surface area contributed by atoms with Gasteiger partial charge in [-0.2, -0.15) is 0 Å². The first-order valence-electron chi connectivity index (χ1n) is 6.70. The van der Waals surface area contributed by atoms with E-state index in [4.69, 9.17) is 9.47 Å². The van der Waals surface area contributed by atoms with Crippen LogP contribution in [0.5, 0.6) is 5.75 Å². The number of hydrogen-bond acceptors (Lipinski definition) is 4. The Morgan fingerprint density at radius 2 is 2.30 bits per heavy atom. The quantitative estimate of drug-likeness (QED) is 0.761. The molecule has 3 N–H and O–H groups in total. The smallest absolute Gasteiger partial charge is 0.319 e. The summed E-state index contributed by atoms with van der Waals surface area (Å²) in [5.74, 6) is 0.619. The van der Waals surface area contributed by atoms with E-state index in [1.54, 1.807) is 12.1 Å². The normalized spacial score (nSPS) is 21.5. The lowest BCUT2D eigenvalue weighted by molar-refractivity contribution is 0.0295. The Hall–Kier alpha value is -1.79. The highest BCUT2D eigenvalue weighted by Crippen LogP contribution is 2.23. The molecular weight excluding hydrogens is 260 g/mol. The van der Waals surface area contributed by atoms with E-state index in [1.807, 2.05) is 19.1 Å². The van der Waals surface area contributed by atoms with Crippen molar-refractivity contribution >= 4 is 11.7 Å². The van der Waals surface area contributed by atoms with Gasteiger partial charge in [-0.25, -0.2) is 4.79 Å². The molecule has 2 rings (SSSR count). The number of rotatable bonds is 5. The molecule has 1 heterocycles. The van der Waals surface area contributed by atoms with Crippen molar-refractivity contribution in [1.29, 1.82) is 0 Å². The Kier molecular flexibility index (Phi) is 4.81. The molecule has 0 bridgehead atoms. The number of urea groups is 1. The first-order chi connectivity index (χ1) is 9.63. The molecule has 2 amide bonds. The zero-order valence-electron chi connectivity index (χ0n) is 11.5. The highest BCUT2D eigenvalue weighted by molar-refractivity contribution is 5.90. The fourth-order valence-corrected chi connectivity index (χ4v) is 2.00. The molecule has 1 aromatic carbocycles. The minimum atomic E-state index is -0.962. The maximum absolute atomic E-state index is 11.8. The molecule has 1 saturated heterocycles. The molecule has 0 aromatic heterocycles. The van der Waals surface area contributed by atoms with Crippen molar-refractivity contribution in [3.63, 3.8) is 0 Å². The van der Waals surface area contributed by atoms with Crippen LogP contribution in [0.25, 0.3) is 0 Å². The second-order valence-corrected chi connectivity index (χ2v) is 4.76. The molecule has 0 spiro atoms. The van der Waals surface area contributed by atoms with E-state index < -0.39 is 5.60 Å². The predicted octanol–water partition coefficient (Wildman–Crippen LogP) is 1.36. The summed E-state index contributed by atoms with van der Waals surface area (Å²) in [6.07, 6.45) is 0.531. The number of benzene rings is 1. The second kappa shape index (κ2) is 6.58.